The standard InChI is InChI=1S/C18H15Cl2N3O4S/c1-3-27-18(25)14-7-15-10(4-5-17(28(2)26)23(15)22-14)16(24)6-11-12(19)8-21-9-13(11)20/h4-5,7-9H,3,6H2,1-2H3. The molecular formula is C18H15Cl2N3O4S. The third-order valence-corrected chi connectivity index (χ3v) is 5.51. The van der Waals surface area contributed by atoms with Crippen LogP contribution in [0.25, 0.3) is 5.52 Å². The Kier molecular flexibility index (Phi) is 6.24. The van der Waals surface area contributed by atoms with E-state index in [0.29, 0.717) is 21.7 Å². The van der Waals surface area contributed by atoms with Gasteiger partial charge in [-0.15, -0.1) is 0 Å². The van der Waals surface area contributed by atoms with E-state index in [1.165, 1.54) is 35.3 Å². The Morgan fingerprint density at radius 3 is 2.54 bits per heavy atom. The quantitative estimate of drug-likeness (QED) is 0.331. The van der Waals surface area contributed by atoms with E-state index >= 15 is 0 Å². The lowest BCUT2D eigenvalue weighted by atomic mass is 10.0. The number of carbonyl (C=O) groups is 2. The van der Waals surface area contributed by atoms with Crippen LogP contribution in [-0.4, -0.2) is 43.8 Å². The summed E-state index contributed by atoms with van der Waals surface area (Å²) in [4.78, 5) is 28.9. The van der Waals surface area contributed by atoms with Gasteiger partial charge in [-0.3, -0.25) is 9.78 Å². The lowest BCUT2D eigenvalue weighted by molar-refractivity contribution is 0.0518. The number of carbonyl (C=O) groups excluding carboxylic acids is 2. The predicted octanol–water partition coefficient (Wildman–Crippen LogP) is 3.38. The number of halogens is 2. The Labute approximate surface area is 173 Å². The van der Waals surface area contributed by atoms with Crippen LogP contribution in [0.15, 0.2) is 35.6 Å². The fraction of sp³-hybridized carbons (Fsp3) is 0.222. The highest BCUT2D eigenvalue weighted by Crippen LogP contribution is 2.26. The molecule has 0 spiro atoms. The number of hydrogen-bond acceptors (Lipinski definition) is 6. The molecule has 0 saturated heterocycles. The second-order valence-electron chi connectivity index (χ2n) is 5.77. The van der Waals surface area contributed by atoms with Crippen molar-refractivity contribution in [3.8, 4) is 0 Å². The number of Topliss-reactive ketones (excluding diaryl/α,β-unsaturated/α-hetero) is 1. The van der Waals surface area contributed by atoms with E-state index in [-0.39, 0.29) is 34.6 Å². The number of rotatable bonds is 6. The van der Waals surface area contributed by atoms with Crippen LogP contribution in [-0.2, 0) is 22.3 Å². The Morgan fingerprint density at radius 1 is 1.25 bits per heavy atom. The van der Waals surface area contributed by atoms with Gasteiger partial charge < -0.3 is 9.29 Å². The van der Waals surface area contributed by atoms with E-state index < -0.39 is 17.1 Å². The minimum Gasteiger partial charge on any atom is -0.610 e. The molecular weight excluding hydrogens is 425 g/mol. The lowest BCUT2D eigenvalue weighted by Gasteiger charge is -2.10. The van der Waals surface area contributed by atoms with E-state index in [4.69, 9.17) is 27.9 Å². The third kappa shape index (κ3) is 4.00. The summed E-state index contributed by atoms with van der Waals surface area (Å²) in [6, 6.07) is 4.53. The van der Waals surface area contributed by atoms with Crippen molar-refractivity contribution >= 4 is 51.6 Å². The highest BCUT2D eigenvalue weighted by Gasteiger charge is 2.23. The van der Waals surface area contributed by atoms with Gasteiger partial charge >= 0.3 is 5.97 Å². The van der Waals surface area contributed by atoms with Gasteiger partial charge in [0.1, 0.15) is 6.26 Å². The molecule has 0 radical (unpaired) electrons. The molecule has 0 aliphatic carbocycles. The van der Waals surface area contributed by atoms with Gasteiger partial charge in [-0.1, -0.05) is 23.2 Å². The van der Waals surface area contributed by atoms with E-state index in [1.807, 2.05) is 0 Å². The molecule has 0 aliphatic heterocycles. The van der Waals surface area contributed by atoms with Gasteiger partial charge in [-0.25, -0.2) is 4.79 Å². The second-order valence-corrected chi connectivity index (χ2v) is 7.91. The molecule has 3 aromatic rings. The molecule has 0 fully saturated rings. The Balaban J connectivity index is 2.09. The van der Waals surface area contributed by atoms with Crippen LogP contribution < -0.4 is 0 Å². The van der Waals surface area contributed by atoms with Crippen molar-refractivity contribution in [1.82, 2.24) is 14.6 Å². The molecule has 146 valence electrons. The molecule has 0 bridgehead atoms. The van der Waals surface area contributed by atoms with Gasteiger partial charge in [0.05, 0.1) is 22.2 Å². The fourth-order valence-electron chi connectivity index (χ4n) is 2.67. The average Bonchev–Trinajstić information content (AvgIpc) is 3.09. The van der Waals surface area contributed by atoms with Gasteiger partial charge in [0.15, 0.2) is 11.5 Å². The number of aromatic nitrogens is 3. The van der Waals surface area contributed by atoms with Gasteiger partial charge in [0.25, 0.3) is 0 Å². The first-order valence-electron chi connectivity index (χ1n) is 8.17. The third-order valence-electron chi connectivity index (χ3n) is 3.96. The van der Waals surface area contributed by atoms with Crippen molar-refractivity contribution in [2.45, 2.75) is 18.4 Å². The predicted molar refractivity (Wildman–Crippen MR) is 106 cm³/mol. The van der Waals surface area contributed by atoms with Gasteiger partial charge in [0, 0.05) is 47.2 Å². The lowest BCUT2D eigenvalue weighted by Crippen LogP contribution is -2.12. The van der Waals surface area contributed by atoms with E-state index in [0.717, 1.165) is 0 Å². The molecule has 10 heteroatoms. The van der Waals surface area contributed by atoms with Crippen molar-refractivity contribution in [3.63, 3.8) is 0 Å². The number of ketones is 1. The summed E-state index contributed by atoms with van der Waals surface area (Å²) in [6.45, 7) is 1.86. The SMILES string of the molecule is CCOC(=O)c1cc2c(C(=O)Cc3c(Cl)cncc3Cl)ccc([S+](C)[O-])n2n1. The molecule has 3 aromatic heterocycles. The summed E-state index contributed by atoms with van der Waals surface area (Å²) in [5.41, 5.74) is 1.12. The summed E-state index contributed by atoms with van der Waals surface area (Å²) < 4.78 is 18.3. The number of pyridine rings is 2. The smallest absolute Gasteiger partial charge is 0.358 e. The number of esters is 1. The zero-order valence-corrected chi connectivity index (χ0v) is 17.3. The Hall–Kier alpha value is -2.13. The monoisotopic (exact) mass is 439 g/mol. The summed E-state index contributed by atoms with van der Waals surface area (Å²) in [5, 5.41) is 5.08. The first-order chi connectivity index (χ1) is 13.3. The molecule has 0 aliphatic rings. The molecule has 28 heavy (non-hydrogen) atoms. The van der Waals surface area contributed by atoms with Gasteiger partial charge in [0.2, 0.25) is 5.03 Å². The van der Waals surface area contributed by atoms with Crippen LogP contribution >= 0.6 is 23.2 Å². The minimum absolute atomic E-state index is 0.0220. The molecule has 7 nitrogen and oxygen atoms in total. The van der Waals surface area contributed by atoms with Crippen molar-refractivity contribution in [1.29, 1.82) is 0 Å². The van der Waals surface area contributed by atoms with Gasteiger partial charge in [-0.2, -0.15) is 9.61 Å². The number of nitrogens with zero attached hydrogens (tertiary/aromatic N) is 3. The molecule has 0 aromatic carbocycles. The maximum atomic E-state index is 12.9. The summed E-state index contributed by atoms with van der Waals surface area (Å²) in [6.07, 6.45) is 4.24. The van der Waals surface area contributed by atoms with E-state index in [9.17, 15) is 14.1 Å². The fourth-order valence-corrected chi connectivity index (χ4v) is 3.81. The maximum absolute atomic E-state index is 12.9. The summed E-state index contributed by atoms with van der Waals surface area (Å²) in [7, 11) is 0. The minimum atomic E-state index is -1.39. The number of hydrogen-bond donors (Lipinski definition) is 0. The number of fused-ring (bicyclic) bond motifs is 1. The van der Waals surface area contributed by atoms with E-state index in [1.54, 1.807) is 13.0 Å². The molecule has 1 unspecified atom stereocenters. The van der Waals surface area contributed by atoms with Crippen molar-refractivity contribution in [2.75, 3.05) is 12.9 Å². The van der Waals surface area contributed by atoms with Crippen LogP contribution in [0.2, 0.25) is 10.0 Å². The highest BCUT2D eigenvalue weighted by atomic mass is 35.5. The molecule has 3 heterocycles. The first-order valence-corrected chi connectivity index (χ1v) is 10.5. The Morgan fingerprint density at radius 2 is 1.93 bits per heavy atom. The van der Waals surface area contributed by atoms with Crippen molar-refractivity contribution in [3.05, 3.63) is 57.5 Å². The molecule has 0 N–H and O–H groups in total. The van der Waals surface area contributed by atoms with Crippen LogP contribution in [0.3, 0.4) is 0 Å². The summed E-state index contributed by atoms with van der Waals surface area (Å²) in [5.74, 6) is -0.915. The first kappa shape index (κ1) is 20.6. The molecule has 1 atom stereocenters. The van der Waals surface area contributed by atoms with Crippen molar-refractivity contribution < 1.29 is 18.9 Å². The van der Waals surface area contributed by atoms with Crippen LogP contribution in [0.5, 0.6) is 0 Å². The van der Waals surface area contributed by atoms with Crippen LogP contribution in [0.4, 0.5) is 0 Å². The molecule has 0 amide bonds. The summed E-state index contributed by atoms with van der Waals surface area (Å²) >= 11 is 10.8. The normalized spacial score (nSPS) is 12.2. The number of ether oxygens (including phenoxy) is 1. The van der Waals surface area contributed by atoms with E-state index in [2.05, 4.69) is 10.1 Å². The zero-order chi connectivity index (χ0) is 20.4. The molecule has 0 saturated carbocycles. The Bertz CT molecular complexity index is 1050. The van der Waals surface area contributed by atoms with Crippen LogP contribution in [0.1, 0.15) is 33.3 Å². The second kappa shape index (κ2) is 8.48. The highest BCUT2D eigenvalue weighted by molar-refractivity contribution is 7.90. The zero-order valence-electron chi connectivity index (χ0n) is 14.9. The topological polar surface area (TPSA) is 96.6 Å². The molecule has 3 rings (SSSR count). The maximum Gasteiger partial charge on any atom is 0.358 e. The van der Waals surface area contributed by atoms with Crippen LogP contribution in [0, 0.1) is 0 Å². The largest absolute Gasteiger partial charge is 0.610 e. The van der Waals surface area contributed by atoms with Crippen molar-refractivity contribution in [2.24, 2.45) is 0 Å². The average molecular weight is 440 g/mol. The van der Waals surface area contributed by atoms with Gasteiger partial charge in [-0.05, 0) is 19.1 Å².